The molecule has 7 heteroatoms. The first-order valence-electron chi connectivity index (χ1n) is 8.42. The maximum absolute atomic E-state index is 13.7. The number of hydrogen-bond acceptors (Lipinski definition) is 3. The maximum Gasteiger partial charge on any atom is 0.181 e. The van der Waals surface area contributed by atoms with E-state index < -0.39 is 20.9 Å². The highest BCUT2D eigenvalue weighted by atomic mass is 35.5. The molecule has 1 aliphatic heterocycles. The Morgan fingerprint density at radius 1 is 0.962 bits per heavy atom. The van der Waals surface area contributed by atoms with Gasteiger partial charge in [-0.05, 0) is 68.2 Å². The van der Waals surface area contributed by atoms with Crippen molar-refractivity contribution in [3.63, 3.8) is 0 Å². The zero-order valence-corrected chi connectivity index (χ0v) is 15.9. The topological polar surface area (TPSA) is 37.4 Å². The number of halogens is 3. The Morgan fingerprint density at radius 2 is 1.58 bits per heavy atom. The molecule has 1 aliphatic rings. The molecule has 2 aromatic rings. The van der Waals surface area contributed by atoms with Crippen molar-refractivity contribution < 1.29 is 17.2 Å². The summed E-state index contributed by atoms with van der Waals surface area (Å²) in [6, 6.07) is 11.7. The zero-order valence-electron chi connectivity index (χ0n) is 14.3. The molecule has 142 valence electrons. The number of likely N-dealkylation sites (tertiary alicyclic amines) is 1. The zero-order chi connectivity index (χ0) is 17.9. The standard InChI is InChI=1S/C19H21F2NO2S.ClH/c20-16-5-7-17(8-6-16)25(23,24)18-10-13-22(14-11-18)12-9-15-3-1-2-4-19(15)21;/h1-8,18H,9-14H2;1H. The lowest BCUT2D eigenvalue weighted by atomic mass is 10.1. The van der Waals surface area contributed by atoms with Gasteiger partial charge >= 0.3 is 0 Å². The van der Waals surface area contributed by atoms with Gasteiger partial charge in [-0.25, -0.2) is 17.2 Å². The van der Waals surface area contributed by atoms with Crippen LogP contribution in [0.2, 0.25) is 0 Å². The highest BCUT2D eigenvalue weighted by Gasteiger charge is 2.31. The van der Waals surface area contributed by atoms with Gasteiger partial charge in [-0.3, -0.25) is 0 Å². The second-order valence-corrected chi connectivity index (χ2v) is 8.61. The number of sulfone groups is 1. The van der Waals surface area contributed by atoms with E-state index in [2.05, 4.69) is 4.90 Å². The molecule has 3 rings (SSSR count). The molecule has 0 bridgehead atoms. The van der Waals surface area contributed by atoms with Crippen LogP contribution in [0.1, 0.15) is 18.4 Å². The molecule has 0 aliphatic carbocycles. The number of piperidine rings is 1. The third-order valence-electron chi connectivity index (χ3n) is 4.77. The fourth-order valence-electron chi connectivity index (χ4n) is 3.24. The van der Waals surface area contributed by atoms with E-state index in [1.54, 1.807) is 12.1 Å². The van der Waals surface area contributed by atoms with Crippen molar-refractivity contribution in [1.82, 2.24) is 4.90 Å². The molecule has 2 aromatic carbocycles. The molecule has 0 aromatic heterocycles. The number of rotatable bonds is 5. The van der Waals surface area contributed by atoms with Crippen molar-refractivity contribution in [3.05, 3.63) is 65.7 Å². The van der Waals surface area contributed by atoms with Crippen molar-refractivity contribution in [2.75, 3.05) is 19.6 Å². The van der Waals surface area contributed by atoms with Gasteiger partial charge in [0.15, 0.2) is 9.84 Å². The van der Waals surface area contributed by atoms with E-state index >= 15 is 0 Å². The minimum atomic E-state index is -3.43. The molecule has 1 fully saturated rings. The second kappa shape index (κ2) is 8.93. The van der Waals surface area contributed by atoms with Crippen molar-refractivity contribution in [2.24, 2.45) is 0 Å². The summed E-state index contributed by atoms with van der Waals surface area (Å²) in [5.74, 6) is -0.641. The fourth-order valence-corrected chi connectivity index (χ4v) is 4.97. The highest BCUT2D eigenvalue weighted by molar-refractivity contribution is 7.92. The summed E-state index contributed by atoms with van der Waals surface area (Å²) in [7, 11) is -3.43. The molecule has 0 unspecified atom stereocenters. The quantitative estimate of drug-likeness (QED) is 0.714. The van der Waals surface area contributed by atoms with Crippen LogP contribution in [0.5, 0.6) is 0 Å². The van der Waals surface area contributed by atoms with Crippen LogP contribution in [0.4, 0.5) is 8.78 Å². The molecule has 3 nitrogen and oxygen atoms in total. The Labute approximate surface area is 159 Å². The summed E-state index contributed by atoms with van der Waals surface area (Å²) in [6.07, 6.45) is 1.69. The minimum Gasteiger partial charge on any atom is -0.303 e. The predicted molar refractivity (Wildman–Crippen MR) is 100 cm³/mol. The van der Waals surface area contributed by atoms with Crippen LogP contribution >= 0.6 is 12.4 Å². The Balaban J connectivity index is 0.00000243. The molecule has 0 atom stereocenters. The van der Waals surface area contributed by atoms with Gasteiger partial charge in [0.25, 0.3) is 0 Å². The Morgan fingerprint density at radius 3 is 2.19 bits per heavy atom. The number of benzene rings is 2. The van der Waals surface area contributed by atoms with E-state index in [9.17, 15) is 17.2 Å². The minimum absolute atomic E-state index is 0. The summed E-state index contributed by atoms with van der Waals surface area (Å²) in [5.41, 5.74) is 0.684. The lowest BCUT2D eigenvalue weighted by molar-refractivity contribution is 0.232. The number of hydrogen-bond donors (Lipinski definition) is 0. The smallest absolute Gasteiger partial charge is 0.181 e. The molecule has 1 heterocycles. The van der Waals surface area contributed by atoms with Gasteiger partial charge in [-0.1, -0.05) is 18.2 Å². The maximum atomic E-state index is 13.7. The summed E-state index contributed by atoms with van der Waals surface area (Å²) in [6.45, 7) is 2.04. The van der Waals surface area contributed by atoms with Gasteiger partial charge in [0, 0.05) is 6.54 Å². The molecule has 0 radical (unpaired) electrons. The van der Waals surface area contributed by atoms with Gasteiger partial charge in [0.05, 0.1) is 10.1 Å². The van der Waals surface area contributed by atoms with Gasteiger partial charge in [-0.2, -0.15) is 0 Å². The third-order valence-corrected chi connectivity index (χ3v) is 7.05. The molecule has 1 saturated heterocycles. The normalized spacial score (nSPS) is 16.2. The molecule has 26 heavy (non-hydrogen) atoms. The van der Waals surface area contributed by atoms with E-state index in [-0.39, 0.29) is 23.1 Å². The molecular formula is C19H22ClF2NO2S. The van der Waals surface area contributed by atoms with E-state index in [0.717, 1.165) is 0 Å². The SMILES string of the molecule is Cl.O=S(=O)(c1ccc(F)cc1)C1CCN(CCc2ccccc2F)CC1. The van der Waals surface area contributed by atoms with E-state index in [0.29, 0.717) is 44.5 Å². The van der Waals surface area contributed by atoms with Crippen LogP contribution in [0.25, 0.3) is 0 Å². The summed E-state index contributed by atoms with van der Waals surface area (Å²) >= 11 is 0. The highest BCUT2D eigenvalue weighted by Crippen LogP contribution is 2.25. The monoisotopic (exact) mass is 401 g/mol. The van der Waals surface area contributed by atoms with Gasteiger partial charge < -0.3 is 4.90 Å². The lowest BCUT2D eigenvalue weighted by Gasteiger charge is -2.31. The van der Waals surface area contributed by atoms with Gasteiger partial charge in [0.2, 0.25) is 0 Å². The van der Waals surface area contributed by atoms with Crippen LogP contribution in [-0.2, 0) is 16.3 Å². The molecular weight excluding hydrogens is 380 g/mol. The first-order chi connectivity index (χ1) is 12.0. The Bertz CT molecular complexity index is 820. The van der Waals surface area contributed by atoms with Gasteiger partial charge in [0.1, 0.15) is 11.6 Å². The van der Waals surface area contributed by atoms with Crippen LogP contribution in [0, 0.1) is 11.6 Å². The summed E-state index contributed by atoms with van der Waals surface area (Å²) < 4.78 is 51.9. The van der Waals surface area contributed by atoms with Crippen molar-refractivity contribution in [3.8, 4) is 0 Å². The first kappa shape index (κ1) is 20.8. The second-order valence-electron chi connectivity index (χ2n) is 6.38. The summed E-state index contributed by atoms with van der Waals surface area (Å²) in [4.78, 5) is 2.35. The molecule has 0 spiro atoms. The fraction of sp³-hybridized carbons (Fsp3) is 0.368. The van der Waals surface area contributed by atoms with Gasteiger partial charge in [-0.15, -0.1) is 12.4 Å². The van der Waals surface area contributed by atoms with Crippen LogP contribution in [0.15, 0.2) is 53.4 Å². The predicted octanol–water partition coefficient (Wildman–Crippen LogP) is 3.87. The lowest BCUT2D eigenvalue weighted by Crippen LogP contribution is -2.40. The van der Waals surface area contributed by atoms with Crippen LogP contribution < -0.4 is 0 Å². The third kappa shape index (κ3) is 4.81. The Kier molecular flexibility index (Phi) is 7.15. The Hall–Kier alpha value is -1.50. The molecule has 0 saturated carbocycles. The average Bonchev–Trinajstić information content (AvgIpc) is 2.62. The van der Waals surface area contributed by atoms with E-state index in [1.165, 1.54) is 30.3 Å². The molecule has 0 N–H and O–H groups in total. The van der Waals surface area contributed by atoms with E-state index in [4.69, 9.17) is 0 Å². The van der Waals surface area contributed by atoms with Crippen molar-refractivity contribution in [1.29, 1.82) is 0 Å². The largest absolute Gasteiger partial charge is 0.303 e. The average molecular weight is 402 g/mol. The van der Waals surface area contributed by atoms with Crippen molar-refractivity contribution in [2.45, 2.75) is 29.4 Å². The molecule has 0 amide bonds. The van der Waals surface area contributed by atoms with Crippen molar-refractivity contribution >= 4 is 22.2 Å². The van der Waals surface area contributed by atoms with Crippen LogP contribution in [0.3, 0.4) is 0 Å². The summed E-state index contributed by atoms with van der Waals surface area (Å²) in [5, 5.41) is -0.442. The number of nitrogens with zero attached hydrogens (tertiary/aromatic N) is 1. The van der Waals surface area contributed by atoms with E-state index in [1.807, 2.05) is 6.07 Å². The van der Waals surface area contributed by atoms with Crippen LogP contribution in [-0.4, -0.2) is 38.2 Å². The first-order valence-corrected chi connectivity index (χ1v) is 9.96.